The lowest BCUT2D eigenvalue weighted by Gasteiger charge is -2.56. The van der Waals surface area contributed by atoms with Crippen LogP contribution in [-0.4, -0.2) is 64.0 Å². The highest BCUT2D eigenvalue weighted by atomic mass is 16.5. The minimum atomic E-state index is -1.13. The van der Waals surface area contributed by atoms with E-state index in [0.29, 0.717) is 18.7 Å². The van der Waals surface area contributed by atoms with Crippen molar-refractivity contribution in [2.45, 2.75) is 50.5 Å². The lowest BCUT2D eigenvalue weighted by molar-refractivity contribution is -0.199. The largest absolute Gasteiger partial charge is 0.497 e. The zero-order chi connectivity index (χ0) is 20.8. The highest BCUT2D eigenvalue weighted by Crippen LogP contribution is 2.46. The normalized spacial score (nSPS) is 30.7. The fourth-order valence-corrected chi connectivity index (χ4v) is 4.99. The first-order valence-corrected chi connectivity index (χ1v) is 10.1. The van der Waals surface area contributed by atoms with Crippen molar-refractivity contribution in [1.29, 1.82) is 0 Å². The number of carbonyl (C=O) groups is 1. The molecule has 5 rings (SSSR count). The zero-order valence-corrected chi connectivity index (χ0v) is 17.0. The van der Waals surface area contributed by atoms with E-state index in [1.807, 2.05) is 24.3 Å². The zero-order valence-electron chi connectivity index (χ0n) is 17.0. The van der Waals surface area contributed by atoms with E-state index in [4.69, 9.17) is 9.47 Å². The molecule has 3 saturated heterocycles. The number of rotatable bonds is 5. The van der Waals surface area contributed by atoms with Crippen LogP contribution in [0.25, 0.3) is 10.9 Å². The van der Waals surface area contributed by atoms with Gasteiger partial charge in [-0.05, 0) is 56.5 Å². The number of pyridine rings is 1. The smallest absolute Gasteiger partial charge is 0.303 e. The number of nitrogens with zero attached hydrogens (tertiary/aromatic N) is 2. The van der Waals surface area contributed by atoms with E-state index in [2.05, 4.69) is 9.88 Å². The topological polar surface area (TPSA) is 92.1 Å². The maximum Gasteiger partial charge on any atom is 0.303 e. The van der Waals surface area contributed by atoms with Gasteiger partial charge in [0, 0.05) is 30.6 Å². The third kappa shape index (κ3) is 3.47. The van der Waals surface area contributed by atoms with Crippen LogP contribution in [0.15, 0.2) is 30.5 Å². The molecule has 0 radical (unpaired) electrons. The summed E-state index contributed by atoms with van der Waals surface area (Å²) in [4.78, 5) is 18.6. The molecule has 3 aliphatic heterocycles. The Bertz CT molecular complexity index is 917. The molecular weight excluding hydrogens is 372 g/mol. The minimum absolute atomic E-state index is 0.0433. The Hall–Kier alpha value is -2.22. The maximum atomic E-state index is 12.0. The molecule has 0 saturated carbocycles. The molecule has 7 nitrogen and oxygen atoms in total. The average molecular weight is 400 g/mol. The van der Waals surface area contributed by atoms with Gasteiger partial charge in [0.15, 0.2) is 0 Å². The van der Waals surface area contributed by atoms with Crippen molar-refractivity contribution in [3.63, 3.8) is 0 Å². The Morgan fingerprint density at radius 1 is 1.38 bits per heavy atom. The van der Waals surface area contributed by atoms with E-state index in [1.165, 1.54) is 6.92 Å². The summed E-state index contributed by atoms with van der Waals surface area (Å²) in [5, 5.41) is 22.0. The van der Waals surface area contributed by atoms with Crippen molar-refractivity contribution in [1.82, 2.24) is 9.88 Å². The number of piperidine rings is 3. The van der Waals surface area contributed by atoms with Crippen LogP contribution in [-0.2, 0) is 9.53 Å². The summed E-state index contributed by atoms with van der Waals surface area (Å²) in [7, 11) is 1.61. The van der Waals surface area contributed by atoms with Crippen LogP contribution in [0.5, 0.6) is 5.75 Å². The molecule has 2 aromatic rings. The maximum absolute atomic E-state index is 12.0. The number of aromatic nitrogens is 1. The van der Waals surface area contributed by atoms with E-state index in [1.54, 1.807) is 20.2 Å². The minimum Gasteiger partial charge on any atom is -0.497 e. The van der Waals surface area contributed by atoms with Gasteiger partial charge in [0.1, 0.15) is 17.5 Å². The van der Waals surface area contributed by atoms with Gasteiger partial charge in [0.05, 0.1) is 24.8 Å². The van der Waals surface area contributed by atoms with Gasteiger partial charge in [0.2, 0.25) is 0 Å². The van der Waals surface area contributed by atoms with E-state index >= 15 is 0 Å². The second-order valence-corrected chi connectivity index (χ2v) is 8.24. The first-order valence-electron chi connectivity index (χ1n) is 10.1. The van der Waals surface area contributed by atoms with Gasteiger partial charge in [-0.25, -0.2) is 0 Å². The molecule has 0 spiro atoms. The van der Waals surface area contributed by atoms with Crippen molar-refractivity contribution in [2.24, 2.45) is 5.92 Å². The second kappa shape index (κ2) is 7.55. The van der Waals surface area contributed by atoms with Crippen LogP contribution in [0.4, 0.5) is 0 Å². The van der Waals surface area contributed by atoms with E-state index < -0.39 is 17.8 Å². The first-order chi connectivity index (χ1) is 13.8. The summed E-state index contributed by atoms with van der Waals surface area (Å²) >= 11 is 0. The molecule has 0 aliphatic carbocycles. The van der Waals surface area contributed by atoms with Crippen LogP contribution in [0.2, 0.25) is 0 Å². The Labute approximate surface area is 170 Å². The second-order valence-electron chi connectivity index (χ2n) is 8.24. The fraction of sp³-hybridized carbons (Fsp3) is 0.545. The lowest BCUT2D eigenvalue weighted by Crippen LogP contribution is -2.67. The standard InChI is InChI=1S/C22H28N2O5/c1-13(25)22(27)12-24-9-7-15(22)10-20(24)21(29-14(2)26)17-6-8-23-19-5-4-16(28-3)11-18(17)19/h4-6,8,11,13,15,20-21,25,27H,7,9-10,12H2,1-3H3/t13-,15+,20-,21+,22+/m1/s1. The van der Waals surface area contributed by atoms with E-state index in [-0.39, 0.29) is 17.9 Å². The summed E-state index contributed by atoms with van der Waals surface area (Å²) in [5.41, 5.74) is 0.554. The Morgan fingerprint density at radius 2 is 2.17 bits per heavy atom. The molecule has 29 heavy (non-hydrogen) atoms. The Morgan fingerprint density at radius 3 is 2.79 bits per heavy atom. The van der Waals surface area contributed by atoms with Gasteiger partial charge < -0.3 is 19.7 Å². The summed E-state index contributed by atoms with van der Waals surface area (Å²) < 4.78 is 11.2. The molecule has 1 unspecified atom stereocenters. The summed E-state index contributed by atoms with van der Waals surface area (Å²) in [6.45, 7) is 4.22. The molecule has 1 aromatic carbocycles. The predicted octanol–water partition coefficient (Wildman–Crippen LogP) is 2.05. The molecule has 3 fully saturated rings. The van der Waals surface area contributed by atoms with Gasteiger partial charge >= 0.3 is 5.97 Å². The summed E-state index contributed by atoms with van der Waals surface area (Å²) in [6, 6.07) is 7.47. The number of carbonyl (C=O) groups excluding carboxylic acids is 1. The fourth-order valence-electron chi connectivity index (χ4n) is 4.99. The molecule has 0 amide bonds. The van der Waals surface area contributed by atoms with E-state index in [0.717, 1.165) is 29.4 Å². The molecular formula is C22H28N2O5. The number of hydrogen-bond donors (Lipinski definition) is 2. The van der Waals surface area contributed by atoms with Crippen molar-refractivity contribution < 1.29 is 24.5 Å². The van der Waals surface area contributed by atoms with Gasteiger partial charge in [0.25, 0.3) is 0 Å². The van der Waals surface area contributed by atoms with Crippen LogP contribution < -0.4 is 4.74 Å². The molecule has 1 aromatic heterocycles. The number of hydrogen-bond acceptors (Lipinski definition) is 7. The predicted molar refractivity (Wildman–Crippen MR) is 108 cm³/mol. The van der Waals surface area contributed by atoms with Crippen molar-refractivity contribution >= 4 is 16.9 Å². The number of ether oxygens (including phenoxy) is 2. The summed E-state index contributed by atoms with van der Waals surface area (Å²) in [5.74, 6) is 0.316. The molecule has 2 bridgehead atoms. The highest BCUT2D eigenvalue weighted by Gasteiger charge is 2.54. The Balaban J connectivity index is 1.76. The van der Waals surface area contributed by atoms with Crippen LogP contribution in [0.1, 0.15) is 38.4 Å². The van der Waals surface area contributed by atoms with Crippen molar-refractivity contribution in [2.75, 3.05) is 20.2 Å². The molecule has 2 N–H and O–H groups in total. The van der Waals surface area contributed by atoms with Crippen LogP contribution >= 0.6 is 0 Å². The van der Waals surface area contributed by atoms with Crippen LogP contribution in [0, 0.1) is 5.92 Å². The SMILES string of the molecule is COc1ccc2nccc([C@H](OC(C)=O)[C@H]3C[C@@H]4CCN3C[C@]4(O)[C@@H](C)O)c2c1. The average Bonchev–Trinajstić information content (AvgIpc) is 2.71. The molecule has 3 aliphatic rings. The lowest BCUT2D eigenvalue weighted by atomic mass is 9.68. The summed E-state index contributed by atoms with van der Waals surface area (Å²) in [6.07, 6.45) is 1.88. The van der Waals surface area contributed by atoms with Gasteiger partial charge in [-0.1, -0.05) is 0 Å². The first kappa shape index (κ1) is 20.1. The molecule has 156 valence electrons. The van der Waals surface area contributed by atoms with E-state index in [9.17, 15) is 15.0 Å². The third-order valence-corrected chi connectivity index (χ3v) is 6.58. The van der Waals surface area contributed by atoms with Crippen LogP contribution in [0.3, 0.4) is 0 Å². The number of methoxy groups -OCH3 is 1. The number of benzene rings is 1. The molecule has 6 atom stereocenters. The van der Waals surface area contributed by atoms with Gasteiger partial charge in [-0.15, -0.1) is 0 Å². The Kier molecular flexibility index (Phi) is 5.23. The number of aliphatic hydroxyl groups is 2. The third-order valence-electron chi connectivity index (χ3n) is 6.58. The molecule has 7 heteroatoms. The van der Waals surface area contributed by atoms with Gasteiger partial charge in [-0.3, -0.25) is 14.7 Å². The van der Waals surface area contributed by atoms with Gasteiger partial charge in [-0.2, -0.15) is 0 Å². The number of fused-ring (bicyclic) bond motifs is 4. The van der Waals surface area contributed by atoms with Crippen molar-refractivity contribution in [3.05, 3.63) is 36.0 Å². The number of esters is 1. The molecule has 4 heterocycles. The quantitative estimate of drug-likeness (QED) is 0.742. The highest BCUT2D eigenvalue weighted by molar-refractivity contribution is 5.84. The number of aliphatic hydroxyl groups excluding tert-OH is 1. The van der Waals surface area contributed by atoms with Crippen molar-refractivity contribution in [3.8, 4) is 5.75 Å². The monoisotopic (exact) mass is 400 g/mol.